The van der Waals surface area contributed by atoms with Gasteiger partial charge in [0.05, 0.1) is 0 Å². The summed E-state index contributed by atoms with van der Waals surface area (Å²) < 4.78 is 0.986. The molecular formula is C20H21BrN6O. The van der Waals surface area contributed by atoms with Crippen LogP contribution in [-0.4, -0.2) is 46.1 Å². The Morgan fingerprint density at radius 2 is 1.64 bits per heavy atom. The molecule has 0 amide bonds. The van der Waals surface area contributed by atoms with Gasteiger partial charge >= 0.3 is 0 Å². The monoisotopic (exact) mass is 440 g/mol. The van der Waals surface area contributed by atoms with Crippen LogP contribution in [0, 0.1) is 0 Å². The van der Waals surface area contributed by atoms with Crippen molar-refractivity contribution in [2.24, 2.45) is 0 Å². The van der Waals surface area contributed by atoms with E-state index < -0.39 is 0 Å². The lowest BCUT2D eigenvalue weighted by molar-refractivity contribution is 0.641. The van der Waals surface area contributed by atoms with E-state index in [0.29, 0.717) is 5.82 Å². The maximum Gasteiger partial charge on any atom is 0.251 e. The molecule has 1 saturated heterocycles. The lowest BCUT2D eigenvalue weighted by Gasteiger charge is -2.36. The molecule has 0 atom stereocenters. The third kappa shape index (κ3) is 4.06. The molecule has 7 nitrogen and oxygen atoms in total. The topological polar surface area (TPSA) is 78.0 Å². The predicted octanol–water partition coefficient (Wildman–Crippen LogP) is 2.88. The molecule has 3 aromatic rings. The normalized spacial score (nSPS) is 14.4. The summed E-state index contributed by atoms with van der Waals surface area (Å²) in [7, 11) is 0. The number of nitrogens with zero attached hydrogens (tertiary/aromatic N) is 5. The fourth-order valence-electron chi connectivity index (χ4n) is 3.26. The summed E-state index contributed by atoms with van der Waals surface area (Å²) in [5.74, 6) is 2.49. The largest absolute Gasteiger partial charge is 0.353 e. The number of piperazine rings is 1. The molecule has 0 saturated carbocycles. The van der Waals surface area contributed by atoms with E-state index in [9.17, 15) is 4.79 Å². The first-order chi connectivity index (χ1) is 13.6. The van der Waals surface area contributed by atoms with Crippen LogP contribution in [0.4, 0.5) is 11.6 Å². The van der Waals surface area contributed by atoms with Crippen LogP contribution >= 0.6 is 15.9 Å². The van der Waals surface area contributed by atoms with Crippen molar-refractivity contribution in [3.05, 3.63) is 63.2 Å². The molecular weight excluding hydrogens is 420 g/mol. The van der Waals surface area contributed by atoms with Gasteiger partial charge in [-0.2, -0.15) is 0 Å². The molecule has 0 spiro atoms. The molecule has 1 fully saturated rings. The highest BCUT2D eigenvalue weighted by atomic mass is 79.9. The van der Waals surface area contributed by atoms with Crippen molar-refractivity contribution in [1.29, 1.82) is 0 Å². The SMILES string of the molecule is CCc1cc(=O)[nH]c(-c2ccc(N3CCN(c4ccc(Br)cn4)CC3)nc2)n1. The Morgan fingerprint density at radius 3 is 2.18 bits per heavy atom. The number of nitrogens with one attached hydrogen (secondary N) is 1. The zero-order valence-electron chi connectivity index (χ0n) is 15.6. The second kappa shape index (κ2) is 8.10. The minimum atomic E-state index is -0.136. The molecule has 4 rings (SSSR count). The summed E-state index contributed by atoms with van der Waals surface area (Å²) >= 11 is 3.42. The van der Waals surface area contributed by atoms with Crippen molar-refractivity contribution >= 4 is 27.6 Å². The smallest absolute Gasteiger partial charge is 0.251 e. The van der Waals surface area contributed by atoms with Gasteiger partial charge in [-0.15, -0.1) is 0 Å². The Bertz CT molecular complexity index is 994. The first kappa shape index (κ1) is 18.6. The van der Waals surface area contributed by atoms with E-state index in [1.54, 1.807) is 6.20 Å². The maximum atomic E-state index is 11.8. The molecule has 0 unspecified atom stereocenters. The molecule has 1 aliphatic rings. The molecule has 3 aromatic heterocycles. The number of hydrogen-bond acceptors (Lipinski definition) is 6. The summed E-state index contributed by atoms with van der Waals surface area (Å²) in [4.78, 5) is 32.7. The van der Waals surface area contributed by atoms with Crippen molar-refractivity contribution in [1.82, 2.24) is 19.9 Å². The summed E-state index contributed by atoms with van der Waals surface area (Å²) in [6.45, 7) is 5.53. The van der Waals surface area contributed by atoms with E-state index in [1.165, 1.54) is 6.07 Å². The highest BCUT2D eigenvalue weighted by Gasteiger charge is 2.19. The number of H-pyrrole nitrogens is 1. The highest BCUT2D eigenvalue weighted by molar-refractivity contribution is 9.10. The third-order valence-corrected chi connectivity index (χ3v) is 5.29. The fraction of sp³-hybridized carbons (Fsp3) is 0.300. The van der Waals surface area contributed by atoms with Gasteiger partial charge in [-0.05, 0) is 46.6 Å². The van der Waals surface area contributed by atoms with Gasteiger partial charge in [0.1, 0.15) is 17.5 Å². The lowest BCUT2D eigenvalue weighted by atomic mass is 10.2. The number of aryl methyl sites for hydroxylation is 1. The second-order valence-corrected chi connectivity index (χ2v) is 7.57. The average Bonchev–Trinajstić information content (AvgIpc) is 2.74. The van der Waals surface area contributed by atoms with E-state index in [4.69, 9.17) is 0 Å². The molecule has 8 heteroatoms. The summed E-state index contributed by atoms with van der Waals surface area (Å²) in [6, 6.07) is 9.53. The van der Waals surface area contributed by atoms with Crippen molar-refractivity contribution < 1.29 is 0 Å². The number of aromatic amines is 1. The number of rotatable bonds is 4. The molecule has 28 heavy (non-hydrogen) atoms. The number of aromatic nitrogens is 4. The third-order valence-electron chi connectivity index (χ3n) is 4.82. The summed E-state index contributed by atoms with van der Waals surface area (Å²) in [5.41, 5.74) is 1.46. The van der Waals surface area contributed by atoms with Gasteiger partial charge in [-0.1, -0.05) is 6.92 Å². The van der Waals surface area contributed by atoms with Crippen LogP contribution in [0.2, 0.25) is 0 Å². The van der Waals surface area contributed by atoms with Gasteiger partial charge in [0, 0.05) is 60.4 Å². The van der Waals surface area contributed by atoms with Gasteiger partial charge in [-0.3, -0.25) is 4.79 Å². The molecule has 144 valence electrons. The number of hydrogen-bond donors (Lipinski definition) is 1. The van der Waals surface area contributed by atoms with Crippen LogP contribution in [0.1, 0.15) is 12.6 Å². The minimum Gasteiger partial charge on any atom is -0.353 e. The Morgan fingerprint density at radius 1 is 1.00 bits per heavy atom. The van der Waals surface area contributed by atoms with E-state index in [0.717, 1.165) is 60.0 Å². The molecule has 1 aliphatic heterocycles. The molecule has 4 heterocycles. The molecule has 0 bridgehead atoms. The van der Waals surface area contributed by atoms with Crippen LogP contribution < -0.4 is 15.4 Å². The van der Waals surface area contributed by atoms with E-state index >= 15 is 0 Å². The Labute approximate surface area is 171 Å². The zero-order valence-corrected chi connectivity index (χ0v) is 17.2. The first-order valence-corrected chi connectivity index (χ1v) is 10.1. The molecule has 0 aromatic carbocycles. The Kier molecular flexibility index (Phi) is 5.38. The fourth-order valence-corrected chi connectivity index (χ4v) is 3.49. The maximum absolute atomic E-state index is 11.8. The highest BCUT2D eigenvalue weighted by Crippen LogP contribution is 2.21. The van der Waals surface area contributed by atoms with Crippen molar-refractivity contribution in [3.63, 3.8) is 0 Å². The van der Waals surface area contributed by atoms with E-state index in [2.05, 4.69) is 45.7 Å². The first-order valence-electron chi connectivity index (χ1n) is 9.30. The van der Waals surface area contributed by atoms with Crippen molar-refractivity contribution in [3.8, 4) is 11.4 Å². The summed E-state index contributed by atoms with van der Waals surface area (Å²) in [6.07, 6.45) is 4.32. The van der Waals surface area contributed by atoms with Crippen LogP contribution in [-0.2, 0) is 6.42 Å². The number of halogens is 1. The van der Waals surface area contributed by atoms with Crippen LogP contribution in [0.25, 0.3) is 11.4 Å². The van der Waals surface area contributed by atoms with Crippen LogP contribution in [0.3, 0.4) is 0 Å². The average molecular weight is 441 g/mol. The van der Waals surface area contributed by atoms with Gasteiger partial charge in [0.25, 0.3) is 5.56 Å². The number of pyridine rings is 2. The van der Waals surface area contributed by atoms with Gasteiger partial charge in [0.15, 0.2) is 0 Å². The lowest BCUT2D eigenvalue weighted by Crippen LogP contribution is -2.47. The predicted molar refractivity (Wildman–Crippen MR) is 114 cm³/mol. The van der Waals surface area contributed by atoms with Gasteiger partial charge in [0.2, 0.25) is 0 Å². The van der Waals surface area contributed by atoms with E-state index in [-0.39, 0.29) is 5.56 Å². The second-order valence-electron chi connectivity index (χ2n) is 6.65. The Balaban J connectivity index is 1.44. The Hall–Kier alpha value is -2.74. The van der Waals surface area contributed by atoms with Crippen LogP contribution in [0.15, 0.2) is 52.0 Å². The molecule has 0 aliphatic carbocycles. The van der Waals surface area contributed by atoms with Crippen LogP contribution in [0.5, 0.6) is 0 Å². The van der Waals surface area contributed by atoms with Crippen molar-refractivity contribution in [2.75, 3.05) is 36.0 Å². The summed E-state index contributed by atoms with van der Waals surface area (Å²) in [5, 5.41) is 0. The quantitative estimate of drug-likeness (QED) is 0.671. The van der Waals surface area contributed by atoms with Gasteiger partial charge in [-0.25, -0.2) is 15.0 Å². The standard InChI is InChI=1S/C20H21BrN6O/c1-2-16-11-19(28)25-20(24-16)14-3-5-17(22-12-14)26-7-9-27(10-8-26)18-6-4-15(21)13-23-18/h3-6,11-13H,2,7-10H2,1H3,(H,24,25,28). The molecule has 0 radical (unpaired) electrons. The van der Waals surface area contributed by atoms with E-state index in [1.807, 2.05) is 37.4 Å². The minimum absolute atomic E-state index is 0.136. The number of anilines is 2. The van der Waals surface area contributed by atoms with Crippen molar-refractivity contribution in [2.45, 2.75) is 13.3 Å². The molecule has 1 N–H and O–H groups in total. The zero-order chi connectivity index (χ0) is 19.5. The van der Waals surface area contributed by atoms with Gasteiger partial charge < -0.3 is 14.8 Å².